The van der Waals surface area contributed by atoms with Gasteiger partial charge in [0.2, 0.25) is 0 Å². The summed E-state index contributed by atoms with van der Waals surface area (Å²) in [5.74, 6) is -0.519. The predicted octanol–water partition coefficient (Wildman–Crippen LogP) is 6.20. The van der Waals surface area contributed by atoms with E-state index in [0.717, 1.165) is 11.3 Å². The molecule has 0 N–H and O–H groups in total. The number of allylic oxidation sites excluding steroid dienone is 1. The average Bonchev–Trinajstić information content (AvgIpc) is 3.18. The van der Waals surface area contributed by atoms with Gasteiger partial charge in [0.25, 0.3) is 5.69 Å². The minimum atomic E-state index is -0.669. The molecule has 10 heteroatoms. The van der Waals surface area contributed by atoms with E-state index in [1.54, 1.807) is 38.1 Å². The molecule has 4 rings (SSSR count). The molecule has 0 spiro atoms. The van der Waals surface area contributed by atoms with Crippen molar-refractivity contribution in [3.63, 3.8) is 0 Å². The molecule has 0 bridgehead atoms. The van der Waals surface area contributed by atoms with Crippen molar-refractivity contribution < 1.29 is 14.5 Å². The number of nitro groups is 1. The number of fused-ring (bicyclic) bond motifs is 1. The number of rotatable bonds is 5. The van der Waals surface area contributed by atoms with Crippen molar-refractivity contribution in [3.05, 3.63) is 90.4 Å². The van der Waals surface area contributed by atoms with E-state index in [1.165, 1.54) is 23.9 Å². The number of carbonyl (C=O) groups is 1. The number of halogens is 2. The monoisotopic (exact) mass is 489 g/mol. The highest BCUT2D eigenvalue weighted by atomic mass is 35.5. The Bertz CT molecular complexity index is 1230. The van der Waals surface area contributed by atoms with Crippen LogP contribution < -0.4 is 0 Å². The smallest absolute Gasteiger partial charge is 0.338 e. The lowest BCUT2D eigenvalue weighted by Gasteiger charge is -2.36. The number of hydrogen-bond acceptors (Lipinski definition) is 7. The van der Waals surface area contributed by atoms with Crippen LogP contribution in [-0.4, -0.2) is 27.6 Å². The molecule has 2 aliphatic heterocycles. The van der Waals surface area contributed by atoms with E-state index in [1.807, 2.05) is 16.4 Å². The lowest BCUT2D eigenvalue weighted by Crippen LogP contribution is -2.36. The molecular formula is C22H17Cl2N3O4S. The van der Waals surface area contributed by atoms with Gasteiger partial charge in [-0.1, -0.05) is 53.2 Å². The Morgan fingerprint density at radius 3 is 2.72 bits per heavy atom. The molecule has 2 aromatic rings. The maximum Gasteiger partial charge on any atom is 0.338 e. The van der Waals surface area contributed by atoms with Crippen LogP contribution in [0.5, 0.6) is 0 Å². The number of nitro benzene ring substituents is 1. The van der Waals surface area contributed by atoms with E-state index in [-0.39, 0.29) is 12.3 Å². The maximum absolute atomic E-state index is 13.0. The van der Waals surface area contributed by atoms with Crippen molar-refractivity contribution in [1.29, 1.82) is 0 Å². The molecule has 2 aromatic carbocycles. The first kappa shape index (κ1) is 22.4. The molecule has 0 saturated carbocycles. The summed E-state index contributed by atoms with van der Waals surface area (Å²) in [4.78, 5) is 30.4. The largest absolute Gasteiger partial charge is 0.463 e. The van der Waals surface area contributed by atoms with Crippen molar-refractivity contribution in [2.24, 2.45) is 4.99 Å². The second kappa shape index (κ2) is 8.97. The molecule has 164 valence electrons. The van der Waals surface area contributed by atoms with Gasteiger partial charge in [0.05, 0.1) is 44.6 Å². The number of esters is 1. The highest BCUT2D eigenvalue weighted by Gasteiger charge is 2.41. The van der Waals surface area contributed by atoms with Crippen LogP contribution in [-0.2, 0) is 9.53 Å². The fourth-order valence-corrected chi connectivity index (χ4v) is 4.91. The molecule has 0 amide bonds. The zero-order valence-corrected chi connectivity index (χ0v) is 19.4. The van der Waals surface area contributed by atoms with Crippen LogP contribution >= 0.6 is 35.0 Å². The van der Waals surface area contributed by atoms with Gasteiger partial charge in [0, 0.05) is 23.1 Å². The summed E-state index contributed by atoms with van der Waals surface area (Å²) in [6.07, 6.45) is 0. The summed E-state index contributed by atoms with van der Waals surface area (Å²) in [5.41, 5.74) is 2.85. The quantitative estimate of drug-likeness (QED) is 0.282. The number of thioether (sulfide) groups is 1. The average molecular weight is 490 g/mol. The normalized spacial score (nSPS) is 17.6. The van der Waals surface area contributed by atoms with Gasteiger partial charge in [-0.2, -0.15) is 0 Å². The van der Waals surface area contributed by atoms with Crippen LogP contribution in [0.1, 0.15) is 31.0 Å². The zero-order chi connectivity index (χ0) is 23.0. The van der Waals surface area contributed by atoms with Crippen LogP contribution in [0.4, 0.5) is 5.69 Å². The Morgan fingerprint density at radius 2 is 2.03 bits per heavy atom. The Labute approximate surface area is 198 Å². The van der Waals surface area contributed by atoms with Crippen molar-refractivity contribution in [1.82, 2.24) is 4.90 Å². The Balaban J connectivity index is 1.89. The molecule has 1 atom stereocenters. The van der Waals surface area contributed by atoms with Crippen LogP contribution in [0.3, 0.4) is 0 Å². The SMILES string of the molecule is CCOC(=O)C1=C(C)N=C2SC=C(c3ccc(Cl)c(Cl)c3)N2C1c1cccc([N+](=O)[O-])c1. The summed E-state index contributed by atoms with van der Waals surface area (Å²) >= 11 is 13.7. The number of ether oxygens (including phenoxy) is 1. The number of aliphatic imine (C=N–C) groups is 1. The van der Waals surface area contributed by atoms with Crippen LogP contribution in [0, 0.1) is 10.1 Å². The molecule has 0 saturated heterocycles. The molecule has 1 unspecified atom stereocenters. The van der Waals surface area contributed by atoms with Gasteiger partial charge < -0.3 is 9.64 Å². The first-order chi connectivity index (χ1) is 15.3. The van der Waals surface area contributed by atoms with Gasteiger partial charge in [-0.3, -0.25) is 10.1 Å². The highest BCUT2D eigenvalue weighted by Crippen LogP contribution is 2.47. The van der Waals surface area contributed by atoms with Crippen LogP contribution in [0.25, 0.3) is 5.70 Å². The molecule has 0 radical (unpaired) electrons. The van der Waals surface area contributed by atoms with E-state index in [9.17, 15) is 14.9 Å². The first-order valence-electron chi connectivity index (χ1n) is 9.64. The van der Waals surface area contributed by atoms with Crippen LogP contribution in [0.2, 0.25) is 10.0 Å². The summed E-state index contributed by atoms with van der Waals surface area (Å²) in [6.45, 7) is 3.65. The highest BCUT2D eigenvalue weighted by molar-refractivity contribution is 8.16. The van der Waals surface area contributed by atoms with Crippen molar-refractivity contribution in [2.75, 3.05) is 6.61 Å². The zero-order valence-electron chi connectivity index (χ0n) is 17.0. The Hall–Kier alpha value is -2.81. The third kappa shape index (κ3) is 4.01. The van der Waals surface area contributed by atoms with E-state index >= 15 is 0 Å². The van der Waals surface area contributed by atoms with Gasteiger partial charge >= 0.3 is 5.97 Å². The molecule has 2 heterocycles. The molecule has 0 aromatic heterocycles. The van der Waals surface area contributed by atoms with Crippen molar-refractivity contribution >= 4 is 57.5 Å². The van der Waals surface area contributed by atoms with E-state index in [4.69, 9.17) is 27.9 Å². The fraction of sp³-hybridized carbons (Fsp3) is 0.182. The second-order valence-corrected chi connectivity index (χ2v) is 8.64. The number of hydrogen-bond donors (Lipinski definition) is 0. The topological polar surface area (TPSA) is 85.0 Å². The second-order valence-electron chi connectivity index (χ2n) is 6.99. The standard InChI is InChI=1S/C22H17Cl2N3O4S/c1-3-31-21(28)19-12(2)25-22-26(20(19)14-5-4-6-15(9-14)27(29)30)18(11-32-22)13-7-8-16(23)17(24)10-13/h4-11,20H,3H2,1-2H3. The van der Waals surface area contributed by atoms with Gasteiger partial charge in [-0.15, -0.1) is 0 Å². The molecule has 32 heavy (non-hydrogen) atoms. The summed E-state index contributed by atoms with van der Waals surface area (Å²) in [7, 11) is 0. The third-order valence-electron chi connectivity index (χ3n) is 5.03. The molecule has 0 fully saturated rings. The van der Waals surface area contributed by atoms with Gasteiger partial charge in [-0.05, 0) is 31.5 Å². The number of amidine groups is 1. The molecule has 7 nitrogen and oxygen atoms in total. The molecular weight excluding hydrogens is 473 g/mol. The number of nitrogens with zero attached hydrogens (tertiary/aromatic N) is 3. The predicted molar refractivity (Wildman–Crippen MR) is 126 cm³/mol. The van der Waals surface area contributed by atoms with Crippen molar-refractivity contribution in [2.45, 2.75) is 19.9 Å². The Kier molecular flexibility index (Phi) is 6.28. The minimum Gasteiger partial charge on any atom is -0.463 e. The number of benzene rings is 2. The Morgan fingerprint density at radius 1 is 1.25 bits per heavy atom. The summed E-state index contributed by atoms with van der Waals surface area (Å²) in [6, 6.07) is 10.8. The van der Waals surface area contributed by atoms with Gasteiger partial charge in [-0.25, -0.2) is 9.79 Å². The van der Waals surface area contributed by atoms with E-state index in [2.05, 4.69) is 4.99 Å². The minimum absolute atomic E-state index is 0.0701. The molecule has 0 aliphatic carbocycles. The van der Waals surface area contributed by atoms with Gasteiger partial charge in [0.15, 0.2) is 5.17 Å². The summed E-state index contributed by atoms with van der Waals surface area (Å²) < 4.78 is 5.31. The lowest BCUT2D eigenvalue weighted by atomic mass is 9.93. The lowest BCUT2D eigenvalue weighted by molar-refractivity contribution is -0.384. The first-order valence-corrected chi connectivity index (χ1v) is 11.3. The maximum atomic E-state index is 13.0. The van der Waals surface area contributed by atoms with Crippen molar-refractivity contribution in [3.8, 4) is 0 Å². The summed E-state index contributed by atoms with van der Waals surface area (Å²) in [5, 5.41) is 14.8. The van der Waals surface area contributed by atoms with E-state index in [0.29, 0.717) is 32.0 Å². The third-order valence-corrected chi connectivity index (χ3v) is 6.61. The number of carbonyl (C=O) groups excluding carboxylic acids is 1. The van der Waals surface area contributed by atoms with E-state index < -0.39 is 16.9 Å². The van der Waals surface area contributed by atoms with Gasteiger partial charge in [0.1, 0.15) is 0 Å². The molecule has 2 aliphatic rings. The van der Waals surface area contributed by atoms with Crippen LogP contribution in [0.15, 0.2) is 64.1 Å². The number of non-ortho nitro benzene ring substituents is 1. The fourth-order valence-electron chi connectivity index (χ4n) is 3.64.